The van der Waals surface area contributed by atoms with Crippen molar-refractivity contribution in [2.24, 2.45) is 5.92 Å². The van der Waals surface area contributed by atoms with E-state index in [4.69, 9.17) is 19.6 Å². The third kappa shape index (κ3) is 6.20. The quantitative estimate of drug-likeness (QED) is 0.236. The number of nitrogens with one attached hydrogen (secondary N) is 1. The van der Waals surface area contributed by atoms with E-state index >= 15 is 0 Å². The number of aliphatic hydroxyl groups excluding tert-OH is 1. The summed E-state index contributed by atoms with van der Waals surface area (Å²) in [6, 6.07) is 16.2. The third-order valence-electron chi connectivity index (χ3n) is 7.09. The first kappa shape index (κ1) is 29.4. The summed E-state index contributed by atoms with van der Waals surface area (Å²) in [5, 5.41) is 14.5. The molecule has 1 aliphatic rings. The van der Waals surface area contributed by atoms with Crippen molar-refractivity contribution in [3.8, 4) is 11.5 Å². The lowest BCUT2D eigenvalue weighted by Crippen LogP contribution is -2.51. The number of aliphatic hydroxyl groups is 1. The largest absolute Gasteiger partial charge is 0.454 e. The van der Waals surface area contributed by atoms with Crippen molar-refractivity contribution in [3.05, 3.63) is 77.4 Å². The molecule has 0 saturated carbocycles. The number of nitrogen functional groups attached to an aromatic ring is 1. The van der Waals surface area contributed by atoms with Crippen LogP contribution in [0.3, 0.4) is 0 Å². The van der Waals surface area contributed by atoms with Gasteiger partial charge in [0, 0.05) is 30.3 Å². The van der Waals surface area contributed by atoms with Crippen LogP contribution in [0.2, 0.25) is 0 Å². The number of carbonyl (C=O) groups is 1. The van der Waals surface area contributed by atoms with E-state index in [2.05, 4.69) is 10.3 Å². The molecular weight excluding hydrogens is 560 g/mol. The zero-order chi connectivity index (χ0) is 30.0. The number of benzene rings is 3. The molecule has 3 aromatic carbocycles. The topological polar surface area (TPSA) is 157 Å². The van der Waals surface area contributed by atoms with Crippen molar-refractivity contribution in [1.82, 2.24) is 14.6 Å². The second-order valence-electron chi connectivity index (χ2n) is 10.7. The van der Waals surface area contributed by atoms with Crippen LogP contribution in [0.4, 0.5) is 6.01 Å². The normalized spacial score (nSPS) is 14.4. The van der Waals surface area contributed by atoms with Gasteiger partial charge in [-0.3, -0.25) is 4.79 Å². The van der Waals surface area contributed by atoms with Crippen LogP contribution in [0.5, 0.6) is 11.5 Å². The molecule has 0 saturated heterocycles. The van der Waals surface area contributed by atoms with Gasteiger partial charge >= 0.3 is 0 Å². The molecule has 0 radical (unpaired) electrons. The summed E-state index contributed by atoms with van der Waals surface area (Å²) in [6.07, 6.45) is -0.974. The van der Waals surface area contributed by atoms with E-state index in [0.717, 1.165) is 5.56 Å². The van der Waals surface area contributed by atoms with Crippen LogP contribution in [-0.4, -0.2) is 60.7 Å². The molecule has 11 nitrogen and oxygen atoms in total. The number of nitrogens with zero attached hydrogens (tertiary/aromatic N) is 2. The molecule has 0 bridgehead atoms. The maximum Gasteiger partial charge on any atom is 0.292 e. The van der Waals surface area contributed by atoms with Crippen molar-refractivity contribution in [2.45, 2.75) is 44.2 Å². The van der Waals surface area contributed by atoms with Crippen LogP contribution in [-0.2, 0) is 16.4 Å². The number of ether oxygens (including phenoxy) is 2. The number of fused-ring (bicyclic) bond motifs is 2. The molecule has 4 aromatic rings. The number of oxazole rings is 1. The maximum atomic E-state index is 13.8. The van der Waals surface area contributed by atoms with Gasteiger partial charge in [0.05, 0.1) is 17.0 Å². The van der Waals surface area contributed by atoms with Gasteiger partial charge in [0.2, 0.25) is 16.8 Å². The fourth-order valence-electron chi connectivity index (χ4n) is 5.00. The first-order valence-electron chi connectivity index (χ1n) is 13.6. The van der Waals surface area contributed by atoms with Gasteiger partial charge in [-0.25, -0.2) is 8.42 Å². The van der Waals surface area contributed by atoms with Gasteiger partial charge in [-0.2, -0.15) is 9.29 Å². The molecule has 0 fully saturated rings. The second kappa shape index (κ2) is 12.0. The summed E-state index contributed by atoms with van der Waals surface area (Å²) in [6.45, 7) is 5.51. The lowest BCUT2D eigenvalue weighted by atomic mass is 9.99. The van der Waals surface area contributed by atoms with E-state index in [0.29, 0.717) is 28.1 Å². The Morgan fingerprint density at radius 1 is 1.10 bits per heavy atom. The summed E-state index contributed by atoms with van der Waals surface area (Å²) in [7, 11) is -4.07. The van der Waals surface area contributed by atoms with E-state index in [9.17, 15) is 18.3 Å². The van der Waals surface area contributed by atoms with Gasteiger partial charge in [-0.1, -0.05) is 44.2 Å². The van der Waals surface area contributed by atoms with Crippen molar-refractivity contribution in [3.63, 3.8) is 0 Å². The molecule has 2 atom stereocenters. The number of anilines is 1. The highest BCUT2D eigenvalue weighted by Crippen LogP contribution is 2.37. The molecule has 2 heterocycles. The smallest absolute Gasteiger partial charge is 0.292 e. The van der Waals surface area contributed by atoms with E-state index in [-0.39, 0.29) is 48.7 Å². The zero-order valence-electron chi connectivity index (χ0n) is 23.6. The molecule has 222 valence electrons. The van der Waals surface area contributed by atoms with Crippen LogP contribution in [0.1, 0.15) is 35.3 Å². The van der Waals surface area contributed by atoms with E-state index in [1.807, 2.05) is 44.2 Å². The molecule has 1 aliphatic heterocycles. The van der Waals surface area contributed by atoms with Gasteiger partial charge in [0.15, 0.2) is 17.1 Å². The lowest BCUT2D eigenvalue weighted by Gasteiger charge is -2.31. The van der Waals surface area contributed by atoms with Gasteiger partial charge in [0.25, 0.3) is 11.9 Å². The molecule has 0 aliphatic carbocycles. The average molecular weight is 595 g/mol. The highest BCUT2D eigenvalue weighted by atomic mass is 32.2. The highest BCUT2D eigenvalue weighted by molar-refractivity contribution is 7.89. The van der Waals surface area contributed by atoms with Crippen molar-refractivity contribution in [1.29, 1.82) is 0 Å². The standard InChI is InChI=1S/C30H34N4O7S/c1-18(2)15-34(42(37,38)21-9-11-23-27(14-21)41-30(31)33-23)16-25(35)24(13-20-7-5-4-6-8-20)32-29(36)22-10-12-26-28(19(22)3)40-17-39-26/h4-12,14,18,24-25,35H,13,15-17H2,1-3H3,(H2,31,33)(H,32,36)/t24-,25+/m0/s1. The first-order valence-corrected chi connectivity index (χ1v) is 15.0. The van der Waals surface area contributed by atoms with E-state index in [1.165, 1.54) is 22.5 Å². The predicted octanol–water partition coefficient (Wildman–Crippen LogP) is 3.50. The Morgan fingerprint density at radius 2 is 1.86 bits per heavy atom. The van der Waals surface area contributed by atoms with Crippen LogP contribution in [0, 0.1) is 12.8 Å². The van der Waals surface area contributed by atoms with Crippen molar-refractivity contribution < 1.29 is 32.2 Å². The Kier molecular flexibility index (Phi) is 8.39. The monoisotopic (exact) mass is 594 g/mol. The number of amides is 1. The summed E-state index contributed by atoms with van der Waals surface area (Å²) >= 11 is 0. The minimum atomic E-state index is -4.07. The molecule has 0 unspecified atom stereocenters. The number of sulfonamides is 1. The number of rotatable bonds is 11. The average Bonchev–Trinajstić information content (AvgIpc) is 3.58. The summed E-state index contributed by atoms with van der Waals surface area (Å²) in [5.74, 6) is 0.598. The number of carbonyl (C=O) groups excluding carboxylic acids is 1. The molecule has 42 heavy (non-hydrogen) atoms. The SMILES string of the molecule is Cc1c(C(=O)N[C@@H](Cc2ccccc2)[C@H](O)CN(CC(C)C)S(=O)(=O)c2ccc3nc(N)oc3c2)ccc2c1OCO2. The molecule has 1 aromatic heterocycles. The maximum absolute atomic E-state index is 13.8. The van der Waals surface area contributed by atoms with Crippen molar-refractivity contribution >= 4 is 33.0 Å². The molecule has 1 amide bonds. The van der Waals surface area contributed by atoms with Crippen molar-refractivity contribution in [2.75, 3.05) is 25.6 Å². The first-order chi connectivity index (χ1) is 20.0. The Morgan fingerprint density at radius 3 is 2.60 bits per heavy atom. The van der Waals surface area contributed by atoms with Crippen LogP contribution in [0.15, 0.2) is 70.0 Å². The fourth-order valence-corrected chi connectivity index (χ4v) is 6.64. The van der Waals surface area contributed by atoms with Gasteiger partial charge in [-0.05, 0) is 49.1 Å². The van der Waals surface area contributed by atoms with Crippen LogP contribution in [0.25, 0.3) is 11.1 Å². The Hall–Kier alpha value is -4.13. The van der Waals surface area contributed by atoms with Crippen LogP contribution < -0.4 is 20.5 Å². The highest BCUT2D eigenvalue weighted by Gasteiger charge is 2.32. The second-order valence-corrected chi connectivity index (χ2v) is 12.6. The van der Waals surface area contributed by atoms with Crippen LogP contribution >= 0.6 is 0 Å². The molecular formula is C30H34N4O7S. The van der Waals surface area contributed by atoms with E-state index < -0.39 is 28.1 Å². The van der Waals surface area contributed by atoms with Gasteiger partial charge < -0.3 is 30.0 Å². The summed E-state index contributed by atoms with van der Waals surface area (Å²) in [4.78, 5) is 17.5. The van der Waals surface area contributed by atoms with E-state index in [1.54, 1.807) is 19.1 Å². The number of hydrogen-bond acceptors (Lipinski definition) is 9. The van der Waals surface area contributed by atoms with Gasteiger partial charge in [0.1, 0.15) is 5.52 Å². The number of nitrogens with two attached hydrogens (primary N) is 1. The lowest BCUT2D eigenvalue weighted by molar-refractivity contribution is 0.0775. The molecule has 12 heteroatoms. The summed E-state index contributed by atoms with van der Waals surface area (Å²) in [5.41, 5.74) is 8.17. The Bertz CT molecular complexity index is 1690. The predicted molar refractivity (Wildman–Crippen MR) is 157 cm³/mol. The fraction of sp³-hybridized carbons (Fsp3) is 0.333. The zero-order valence-corrected chi connectivity index (χ0v) is 24.4. The Labute approximate surface area is 244 Å². The molecule has 0 spiro atoms. The third-order valence-corrected chi connectivity index (χ3v) is 8.91. The summed E-state index contributed by atoms with van der Waals surface area (Å²) < 4.78 is 45.2. The number of aromatic nitrogens is 1. The number of hydrogen-bond donors (Lipinski definition) is 3. The molecule has 5 rings (SSSR count). The molecule has 4 N–H and O–H groups in total. The Balaban J connectivity index is 1.43. The minimum absolute atomic E-state index is 0.0152. The van der Waals surface area contributed by atoms with Gasteiger partial charge in [-0.15, -0.1) is 0 Å². The minimum Gasteiger partial charge on any atom is -0.454 e.